The van der Waals surface area contributed by atoms with Crippen molar-refractivity contribution in [2.45, 2.75) is 38.9 Å². The van der Waals surface area contributed by atoms with Gasteiger partial charge in [0.15, 0.2) is 0 Å². The molecule has 0 bridgehead atoms. The van der Waals surface area contributed by atoms with E-state index in [9.17, 15) is 27.2 Å². The Bertz CT molecular complexity index is 722. The number of amides is 2. The van der Waals surface area contributed by atoms with Crippen LogP contribution in [0, 0.1) is 5.92 Å². The van der Waals surface area contributed by atoms with Crippen molar-refractivity contribution in [1.82, 2.24) is 10.6 Å². The van der Waals surface area contributed by atoms with Crippen molar-refractivity contribution < 1.29 is 36.6 Å². The molecule has 0 aliphatic heterocycles. The van der Waals surface area contributed by atoms with Crippen molar-refractivity contribution in [3.05, 3.63) is 29.8 Å². The number of hydrogen-bond donors (Lipinski definition) is 2. The van der Waals surface area contributed by atoms with Crippen LogP contribution in [0.25, 0.3) is 6.08 Å². The first-order chi connectivity index (χ1) is 13.8. The summed E-state index contributed by atoms with van der Waals surface area (Å²) in [7, 11) is 0. The van der Waals surface area contributed by atoms with Gasteiger partial charge in [-0.25, -0.2) is 0 Å². The Hall–Kier alpha value is -2.78. The molecule has 1 aliphatic carbocycles. The van der Waals surface area contributed by atoms with E-state index in [1.165, 1.54) is 12.1 Å². The lowest BCUT2D eigenvalue weighted by Crippen LogP contribution is -2.36. The van der Waals surface area contributed by atoms with Crippen molar-refractivity contribution in [3.63, 3.8) is 0 Å². The topological polar surface area (TPSA) is 76.7 Å². The van der Waals surface area contributed by atoms with Gasteiger partial charge in [-0.1, -0.05) is 12.8 Å². The number of hydrogen-bond acceptors (Lipinski definition) is 4. The molecule has 1 fully saturated rings. The molecule has 0 saturated heterocycles. The van der Waals surface area contributed by atoms with E-state index in [1.807, 2.05) is 0 Å². The summed E-state index contributed by atoms with van der Waals surface area (Å²) in [5.74, 6) is -1.26. The summed E-state index contributed by atoms with van der Waals surface area (Å²) in [5.41, 5.74) is 0.0802. The standard InChI is InChI=1S/C19H22F4N2O4/c20-18(21)28-14-7-5-12(15(11-14)29-19(22)23)6-8-16(26)24-9-10-25-17(27)13-3-1-2-4-13/h5-8,11,13,18-19H,1-4,9-10H2,(H,24,26)(H,25,27)/b8-6+. The zero-order valence-corrected chi connectivity index (χ0v) is 15.5. The Morgan fingerprint density at radius 1 is 1.03 bits per heavy atom. The Kier molecular flexibility index (Phi) is 8.75. The third-order valence-corrected chi connectivity index (χ3v) is 4.29. The minimum absolute atomic E-state index is 0.0211. The fraction of sp³-hybridized carbons (Fsp3) is 0.474. The summed E-state index contributed by atoms with van der Waals surface area (Å²) in [6.45, 7) is -5.82. The normalized spacial score (nSPS) is 14.6. The molecule has 2 amide bonds. The molecular weight excluding hydrogens is 396 g/mol. The van der Waals surface area contributed by atoms with Crippen molar-refractivity contribution in [2.75, 3.05) is 13.1 Å². The molecule has 160 valence electrons. The summed E-state index contributed by atoms with van der Waals surface area (Å²) in [6.07, 6.45) is 6.14. The van der Waals surface area contributed by atoms with Gasteiger partial charge in [-0.3, -0.25) is 9.59 Å². The highest BCUT2D eigenvalue weighted by molar-refractivity contribution is 5.92. The summed E-state index contributed by atoms with van der Waals surface area (Å²) in [6, 6.07) is 3.23. The molecular formula is C19H22F4N2O4. The molecule has 2 rings (SSSR count). The molecule has 0 aromatic heterocycles. The predicted octanol–water partition coefficient (Wildman–Crippen LogP) is 3.33. The lowest BCUT2D eigenvalue weighted by Gasteiger charge is -2.11. The summed E-state index contributed by atoms with van der Waals surface area (Å²) < 4.78 is 58.0. The molecule has 0 radical (unpaired) electrons. The molecule has 0 unspecified atom stereocenters. The highest BCUT2D eigenvalue weighted by Crippen LogP contribution is 2.28. The highest BCUT2D eigenvalue weighted by Gasteiger charge is 2.21. The summed E-state index contributed by atoms with van der Waals surface area (Å²) in [5, 5.41) is 5.29. The first kappa shape index (κ1) is 22.5. The van der Waals surface area contributed by atoms with Crippen LogP contribution in [-0.4, -0.2) is 38.1 Å². The maximum absolute atomic E-state index is 12.5. The second-order valence-corrected chi connectivity index (χ2v) is 6.35. The van der Waals surface area contributed by atoms with E-state index in [1.54, 1.807) is 0 Å². The minimum atomic E-state index is -3.18. The number of ether oxygens (including phenoxy) is 2. The zero-order chi connectivity index (χ0) is 21.2. The van der Waals surface area contributed by atoms with E-state index >= 15 is 0 Å². The van der Waals surface area contributed by atoms with Crippen LogP contribution in [0.3, 0.4) is 0 Å². The Balaban J connectivity index is 1.85. The van der Waals surface area contributed by atoms with Gasteiger partial charge >= 0.3 is 13.2 Å². The molecule has 2 N–H and O–H groups in total. The molecule has 1 aliphatic rings. The van der Waals surface area contributed by atoms with Crippen LogP contribution >= 0.6 is 0 Å². The number of alkyl halides is 4. The van der Waals surface area contributed by atoms with Gasteiger partial charge in [0, 0.05) is 36.7 Å². The van der Waals surface area contributed by atoms with Gasteiger partial charge < -0.3 is 20.1 Å². The zero-order valence-electron chi connectivity index (χ0n) is 15.5. The first-order valence-corrected chi connectivity index (χ1v) is 9.12. The predicted molar refractivity (Wildman–Crippen MR) is 96.7 cm³/mol. The Labute approximate surface area is 165 Å². The van der Waals surface area contributed by atoms with Crippen LogP contribution in [0.2, 0.25) is 0 Å². The van der Waals surface area contributed by atoms with Gasteiger partial charge in [0.05, 0.1) is 0 Å². The second kappa shape index (κ2) is 11.3. The second-order valence-electron chi connectivity index (χ2n) is 6.35. The molecule has 1 saturated carbocycles. The lowest BCUT2D eigenvalue weighted by atomic mass is 10.1. The third-order valence-electron chi connectivity index (χ3n) is 4.29. The smallest absolute Gasteiger partial charge is 0.387 e. The molecule has 1 aromatic rings. The van der Waals surface area contributed by atoms with E-state index < -0.39 is 24.9 Å². The number of rotatable bonds is 10. The molecule has 0 heterocycles. The van der Waals surface area contributed by atoms with Crippen molar-refractivity contribution in [1.29, 1.82) is 0 Å². The maximum atomic E-state index is 12.5. The number of carbonyl (C=O) groups excluding carboxylic acids is 2. The van der Waals surface area contributed by atoms with E-state index in [4.69, 9.17) is 0 Å². The Morgan fingerprint density at radius 3 is 2.34 bits per heavy atom. The number of benzene rings is 1. The third kappa shape index (κ3) is 8.00. The number of halogens is 4. The molecule has 1 aromatic carbocycles. The van der Waals surface area contributed by atoms with Crippen molar-refractivity contribution in [3.8, 4) is 11.5 Å². The van der Waals surface area contributed by atoms with E-state index in [0.717, 1.165) is 43.9 Å². The number of nitrogens with one attached hydrogen (secondary N) is 2. The van der Waals surface area contributed by atoms with Crippen LogP contribution in [0.5, 0.6) is 11.5 Å². The van der Waals surface area contributed by atoms with Crippen LogP contribution < -0.4 is 20.1 Å². The highest BCUT2D eigenvalue weighted by atomic mass is 19.3. The van der Waals surface area contributed by atoms with E-state index in [0.29, 0.717) is 0 Å². The van der Waals surface area contributed by atoms with Gasteiger partial charge in [0.2, 0.25) is 11.8 Å². The van der Waals surface area contributed by atoms with Crippen LogP contribution in [0.15, 0.2) is 24.3 Å². The van der Waals surface area contributed by atoms with Gasteiger partial charge in [-0.05, 0) is 31.1 Å². The largest absolute Gasteiger partial charge is 0.435 e. The first-order valence-electron chi connectivity index (χ1n) is 9.12. The van der Waals surface area contributed by atoms with Gasteiger partial charge in [-0.2, -0.15) is 17.6 Å². The maximum Gasteiger partial charge on any atom is 0.387 e. The molecule has 6 nitrogen and oxygen atoms in total. The SMILES string of the molecule is O=C(/C=C/c1ccc(OC(F)F)cc1OC(F)F)NCCNC(=O)C1CCCC1. The minimum Gasteiger partial charge on any atom is -0.435 e. The van der Waals surface area contributed by atoms with Crippen LogP contribution in [0.4, 0.5) is 17.6 Å². The summed E-state index contributed by atoms with van der Waals surface area (Å²) >= 11 is 0. The quantitative estimate of drug-likeness (QED) is 0.347. The van der Waals surface area contributed by atoms with E-state index in [2.05, 4.69) is 20.1 Å². The molecule has 0 atom stereocenters. The molecule has 29 heavy (non-hydrogen) atoms. The lowest BCUT2D eigenvalue weighted by molar-refractivity contribution is -0.125. The summed E-state index contributed by atoms with van der Waals surface area (Å²) in [4.78, 5) is 23.7. The van der Waals surface area contributed by atoms with E-state index in [-0.39, 0.29) is 36.2 Å². The number of carbonyl (C=O) groups is 2. The monoisotopic (exact) mass is 418 g/mol. The average molecular weight is 418 g/mol. The molecule has 0 spiro atoms. The van der Waals surface area contributed by atoms with Crippen molar-refractivity contribution in [2.24, 2.45) is 5.92 Å². The van der Waals surface area contributed by atoms with Crippen molar-refractivity contribution >= 4 is 17.9 Å². The van der Waals surface area contributed by atoms with Crippen LogP contribution in [0.1, 0.15) is 31.2 Å². The average Bonchev–Trinajstić information content (AvgIpc) is 3.18. The van der Waals surface area contributed by atoms with Crippen LogP contribution in [-0.2, 0) is 9.59 Å². The van der Waals surface area contributed by atoms with Gasteiger partial charge in [-0.15, -0.1) is 0 Å². The van der Waals surface area contributed by atoms with Gasteiger partial charge in [0.1, 0.15) is 11.5 Å². The van der Waals surface area contributed by atoms with Gasteiger partial charge in [0.25, 0.3) is 0 Å². The fourth-order valence-electron chi connectivity index (χ4n) is 2.95. The molecule has 10 heteroatoms. The fourth-order valence-corrected chi connectivity index (χ4v) is 2.95. The Morgan fingerprint density at radius 2 is 1.69 bits per heavy atom.